The zero-order valence-electron chi connectivity index (χ0n) is 14.0. The van der Waals surface area contributed by atoms with Gasteiger partial charge in [0, 0.05) is 12.5 Å². The first-order valence-electron chi connectivity index (χ1n) is 7.56. The van der Waals surface area contributed by atoms with Crippen LogP contribution in [0.25, 0.3) is 5.57 Å². The predicted octanol–water partition coefficient (Wildman–Crippen LogP) is 4.12. The zero-order valence-corrected chi connectivity index (χ0v) is 14.0. The van der Waals surface area contributed by atoms with Crippen LogP contribution >= 0.6 is 0 Å². The van der Waals surface area contributed by atoms with Crippen molar-refractivity contribution in [3.05, 3.63) is 71.3 Å². The summed E-state index contributed by atoms with van der Waals surface area (Å²) in [7, 11) is 0. The minimum Gasteiger partial charge on any atom is -0.426 e. The number of ether oxygens (including phenoxy) is 1. The number of aryl methyl sites for hydroxylation is 1. The molecular weight excluding hydrogens is 288 g/mol. The summed E-state index contributed by atoms with van der Waals surface area (Å²) in [6, 6.07) is 15.4. The monoisotopic (exact) mass is 310 g/mol. The zero-order chi connectivity index (χ0) is 17.0. The van der Waals surface area contributed by atoms with Crippen LogP contribution < -0.4 is 4.74 Å². The lowest BCUT2D eigenvalue weighted by molar-refractivity contribution is -0.131. The van der Waals surface area contributed by atoms with Crippen LogP contribution in [0.1, 0.15) is 37.5 Å². The number of hydrogen-bond acceptors (Lipinski definition) is 3. The van der Waals surface area contributed by atoms with Gasteiger partial charge in [-0.05, 0) is 44.1 Å². The molecule has 2 rings (SSSR count). The van der Waals surface area contributed by atoms with E-state index >= 15 is 0 Å². The van der Waals surface area contributed by atoms with Gasteiger partial charge in [0.2, 0.25) is 0 Å². The normalized spacial score (nSPS) is 12.1. The molecule has 0 unspecified atom stereocenters. The summed E-state index contributed by atoms with van der Waals surface area (Å²) in [5.41, 5.74) is 2.69. The number of rotatable bonds is 4. The molecule has 0 aliphatic carbocycles. The molecular formula is C20H22O3. The Morgan fingerprint density at radius 2 is 1.83 bits per heavy atom. The summed E-state index contributed by atoms with van der Waals surface area (Å²) in [4.78, 5) is 11.4. The van der Waals surface area contributed by atoms with E-state index in [4.69, 9.17) is 4.74 Å². The molecule has 0 aliphatic heterocycles. The Kier molecular flexibility index (Phi) is 5.02. The topological polar surface area (TPSA) is 46.5 Å². The van der Waals surface area contributed by atoms with Gasteiger partial charge in [-0.15, -0.1) is 0 Å². The van der Waals surface area contributed by atoms with Crippen molar-refractivity contribution in [2.24, 2.45) is 0 Å². The Balaban J connectivity index is 2.65. The van der Waals surface area contributed by atoms with Crippen molar-refractivity contribution in [1.29, 1.82) is 0 Å². The number of aliphatic hydroxyl groups is 1. The van der Waals surface area contributed by atoms with Crippen molar-refractivity contribution in [2.75, 3.05) is 0 Å². The Morgan fingerprint density at radius 3 is 2.43 bits per heavy atom. The Morgan fingerprint density at radius 1 is 1.13 bits per heavy atom. The average Bonchev–Trinajstić information content (AvgIpc) is 2.44. The van der Waals surface area contributed by atoms with Crippen molar-refractivity contribution in [2.45, 2.75) is 33.3 Å². The summed E-state index contributed by atoms with van der Waals surface area (Å²) >= 11 is 0. The average molecular weight is 310 g/mol. The molecule has 1 N–H and O–H groups in total. The van der Waals surface area contributed by atoms with Gasteiger partial charge in [0.25, 0.3) is 0 Å². The standard InChI is InChI=1S/C20H22O3/c1-14-8-7-9-16(12-14)18(13-20(3,4)22)17-10-5-6-11-19(17)23-15(2)21/h5-13,22H,1-4H3/b18-13+. The van der Waals surface area contributed by atoms with E-state index in [9.17, 15) is 9.90 Å². The lowest BCUT2D eigenvalue weighted by atomic mass is 9.92. The largest absolute Gasteiger partial charge is 0.426 e. The molecule has 2 aromatic rings. The molecule has 0 saturated carbocycles. The number of carbonyl (C=O) groups excluding carboxylic acids is 1. The fraction of sp³-hybridized carbons (Fsp3) is 0.250. The molecule has 0 radical (unpaired) electrons. The van der Waals surface area contributed by atoms with Gasteiger partial charge in [-0.1, -0.05) is 48.0 Å². The first kappa shape index (κ1) is 17.0. The summed E-state index contributed by atoms with van der Waals surface area (Å²) in [5.74, 6) is 0.112. The molecule has 0 spiro atoms. The van der Waals surface area contributed by atoms with Gasteiger partial charge in [0.05, 0.1) is 5.60 Å². The lowest BCUT2D eigenvalue weighted by Crippen LogP contribution is -2.15. The highest BCUT2D eigenvalue weighted by atomic mass is 16.5. The number of hydrogen-bond donors (Lipinski definition) is 1. The van der Waals surface area contributed by atoms with Crippen molar-refractivity contribution >= 4 is 11.5 Å². The molecule has 0 heterocycles. The quantitative estimate of drug-likeness (QED) is 0.682. The molecule has 0 aliphatic rings. The van der Waals surface area contributed by atoms with Gasteiger partial charge in [-0.3, -0.25) is 4.79 Å². The van der Waals surface area contributed by atoms with Crippen molar-refractivity contribution < 1.29 is 14.6 Å². The third kappa shape index (κ3) is 4.80. The van der Waals surface area contributed by atoms with Crippen LogP contribution in [0.2, 0.25) is 0 Å². The minimum absolute atomic E-state index is 0.371. The molecule has 120 valence electrons. The Bertz CT molecular complexity index is 737. The van der Waals surface area contributed by atoms with E-state index in [0.29, 0.717) is 5.75 Å². The summed E-state index contributed by atoms with van der Waals surface area (Å²) in [6.45, 7) is 6.83. The molecule has 2 aromatic carbocycles. The SMILES string of the molecule is CC(=O)Oc1ccccc1/C(=C/C(C)(C)O)c1cccc(C)c1. The maximum atomic E-state index is 11.4. The minimum atomic E-state index is -0.998. The van der Waals surface area contributed by atoms with E-state index in [-0.39, 0.29) is 5.97 Å². The summed E-state index contributed by atoms with van der Waals surface area (Å²) < 4.78 is 5.33. The van der Waals surface area contributed by atoms with E-state index in [0.717, 1.165) is 22.3 Å². The molecule has 0 bridgehead atoms. The highest BCUT2D eigenvalue weighted by molar-refractivity contribution is 5.85. The molecule has 0 aromatic heterocycles. The molecule has 0 fully saturated rings. The summed E-state index contributed by atoms with van der Waals surface area (Å²) in [6.07, 6.45) is 1.78. The second-order valence-electron chi connectivity index (χ2n) is 6.17. The van der Waals surface area contributed by atoms with Crippen LogP contribution in [0.4, 0.5) is 0 Å². The van der Waals surface area contributed by atoms with E-state index in [1.165, 1.54) is 6.92 Å². The molecule has 0 atom stereocenters. The van der Waals surface area contributed by atoms with Crippen LogP contribution in [0, 0.1) is 6.92 Å². The van der Waals surface area contributed by atoms with Crippen molar-refractivity contribution in [3.8, 4) is 5.75 Å². The highest BCUT2D eigenvalue weighted by Gasteiger charge is 2.17. The van der Waals surface area contributed by atoms with Gasteiger partial charge >= 0.3 is 5.97 Å². The lowest BCUT2D eigenvalue weighted by Gasteiger charge is -2.18. The van der Waals surface area contributed by atoms with Gasteiger partial charge in [0.1, 0.15) is 5.75 Å². The number of carbonyl (C=O) groups is 1. The van der Waals surface area contributed by atoms with Crippen LogP contribution in [0.15, 0.2) is 54.6 Å². The Labute approximate surface area is 137 Å². The van der Waals surface area contributed by atoms with Gasteiger partial charge < -0.3 is 9.84 Å². The molecule has 3 heteroatoms. The van der Waals surface area contributed by atoms with E-state index in [1.807, 2.05) is 49.4 Å². The van der Waals surface area contributed by atoms with Gasteiger partial charge in [-0.25, -0.2) is 0 Å². The molecule has 3 nitrogen and oxygen atoms in total. The fourth-order valence-corrected chi connectivity index (χ4v) is 2.42. The molecule has 0 saturated heterocycles. The van der Waals surface area contributed by atoms with Crippen LogP contribution in [0.5, 0.6) is 5.75 Å². The molecule has 0 amide bonds. The molecule has 23 heavy (non-hydrogen) atoms. The first-order valence-corrected chi connectivity index (χ1v) is 7.56. The van der Waals surface area contributed by atoms with Crippen molar-refractivity contribution in [1.82, 2.24) is 0 Å². The number of benzene rings is 2. The smallest absolute Gasteiger partial charge is 0.308 e. The number of esters is 1. The van der Waals surface area contributed by atoms with Crippen molar-refractivity contribution in [3.63, 3.8) is 0 Å². The maximum absolute atomic E-state index is 11.4. The van der Waals surface area contributed by atoms with Gasteiger partial charge in [0.15, 0.2) is 0 Å². The fourth-order valence-electron chi connectivity index (χ4n) is 2.42. The van der Waals surface area contributed by atoms with Crippen LogP contribution in [-0.4, -0.2) is 16.7 Å². The maximum Gasteiger partial charge on any atom is 0.308 e. The van der Waals surface area contributed by atoms with E-state index in [1.54, 1.807) is 26.0 Å². The predicted molar refractivity (Wildman–Crippen MR) is 92.3 cm³/mol. The van der Waals surface area contributed by atoms with Crippen LogP contribution in [0.3, 0.4) is 0 Å². The third-order valence-corrected chi connectivity index (χ3v) is 3.26. The first-order chi connectivity index (χ1) is 10.8. The summed E-state index contributed by atoms with van der Waals surface area (Å²) in [5, 5.41) is 10.3. The highest BCUT2D eigenvalue weighted by Crippen LogP contribution is 2.33. The second-order valence-corrected chi connectivity index (χ2v) is 6.17. The van der Waals surface area contributed by atoms with E-state index in [2.05, 4.69) is 0 Å². The second kappa shape index (κ2) is 6.80. The number of para-hydroxylation sites is 1. The van der Waals surface area contributed by atoms with Gasteiger partial charge in [-0.2, -0.15) is 0 Å². The Hall–Kier alpha value is -2.39. The third-order valence-electron chi connectivity index (χ3n) is 3.26. The van der Waals surface area contributed by atoms with E-state index < -0.39 is 5.60 Å². The van der Waals surface area contributed by atoms with Crippen LogP contribution in [-0.2, 0) is 4.79 Å².